The van der Waals surface area contributed by atoms with Crippen molar-refractivity contribution in [2.75, 3.05) is 5.73 Å². The van der Waals surface area contributed by atoms with Crippen molar-refractivity contribution in [1.29, 1.82) is 0 Å². The Morgan fingerprint density at radius 3 is 2.57 bits per heavy atom. The van der Waals surface area contributed by atoms with Gasteiger partial charge in [-0.2, -0.15) is 0 Å². The van der Waals surface area contributed by atoms with E-state index in [2.05, 4.69) is 18.8 Å². The number of nitrogens with zero attached hydrogens (tertiary/aromatic N) is 1. The van der Waals surface area contributed by atoms with Crippen molar-refractivity contribution in [3.8, 4) is 11.3 Å². The molecule has 72 valence electrons. The second kappa shape index (κ2) is 3.42. The van der Waals surface area contributed by atoms with Gasteiger partial charge in [0.05, 0.1) is 10.7 Å². The number of hydrogen-bond donors (Lipinski definition) is 1. The Labute approximate surface area is 87.4 Å². The Hall–Kier alpha value is -1.35. The van der Waals surface area contributed by atoms with Gasteiger partial charge in [0.1, 0.15) is 0 Å². The van der Waals surface area contributed by atoms with Crippen molar-refractivity contribution in [2.24, 2.45) is 0 Å². The summed E-state index contributed by atoms with van der Waals surface area (Å²) in [5.41, 5.74) is 9.25. The predicted octanol–water partition coefficient (Wildman–Crippen LogP) is 3.01. The third-order valence-electron chi connectivity index (χ3n) is 2.33. The molecule has 2 aromatic rings. The van der Waals surface area contributed by atoms with Crippen molar-refractivity contribution in [3.63, 3.8) is 0 Å². The van der Waals surface area contributed by atoms with Crippen LogP contribution < -0.4 is 5.73 Å². The maximum absolute atomic E-state index is 5.95. The Morgan fingerprint density at radius 1 is 1.29 bits per heavy atom. The first-order valence-corrected chi connectivity index (χ1v) is 5.28. The lowest BCUT2D eigenvalue weighted by molar-refractivity contribution is 1.31. The van der Waals surface area contributed by atoms with Gasteiger partial charge in [-0.25, -0.2) is 0 Å². The van der Waals surface area contributed by atoms with E-state index >= 15 is 0 Å². The van der Waals surface area contributed by atoms with Crippen LogP contribution in [0, 0.1) is 13.8 Å². The van der Waals surface area contributed by atoms with Crippen LogP contribution in [-0.4, -0.2) is 4.98 Å². The first-order chi connectivity index (χ1) is 6.70. The fraction of sp³-hybridized carbons (Fsp3) is 0.182. The Kier molecular flexibility index (Phi) is 2.25. The van der Waals surface area contributed by atoms with Crippen LogP contribution in [-0.2, 0) is 0 Å². The Morgan fingerprint density at radius 2 is 2.07 bits per heavy atom. The molecule has 14 heavy (non-hydrogen) atoms. The standard InChI is InChI=1S/C11H12N2S/c1-7-8(2)14-11(12)10(7)9-5-3-4-6-13-9/h3-6H,12H2,1-2H3. The van der Waals surface area contributed by atoms with E-state index in [0.29, 0.717) is 0 Å². The maximum Gasteiger partial charge on any atom is 0.0957 e. The summed E-state index contributed by atoms with van der Waals surface area (Å²) in [4.78, 5) is 5.58. The molecule has 0 bridgehead atoms. The van der Waals surface area contributed by atoms with Crippen LogP contribution in [0.25, 0.3) is 11.3 Å². The van der Waals surface area contributed by atoms with Crippen LogP contribution in [0.15, 0.2) is 24.4 Å². The summed E-state index contributed by atoms with van der Waals surface area (Å²) < 4.78 is 0. The predicted molar refractivity (Wildman–Crippen MR) is 61.4 cm³/mol. The van der Waals surface area contributed by atoms with Gasteiger partial charge in [0, 0.05) is 16.6 Å². The molecule has 0 saturated heterocycles. The molecule has 2 N–H and O–H groups in total. The molecule has 0 aliphatic rings. The lowest BCUT2D eigenvalue weighted by Crippen LogP contribution is -1.88. The molecule has 2 aromatic heterocycles. The quantitative estimate of drug-likeness (QED) is 0.775. The van der Waals surface area contributed by atoms with Crippen LogP contribution >= 0.6 is 11.3 Å². The molecule has 2 heterocycles. The largest absolute Gasteiger partial charge is 0.390 e. The molecule has 0 amide bonds. The molecule has 0 atom stereocenters. The molecule has 3 heteroatoms. The van der Waals surface area contributed by atoms with E-state index in [1.54, 1.807) is 17.5 Å². The van der Waals surface area contributed by atoms with Gasteiger partial charge in [-0.1, -0.05) is 6.07 Å². The Balaban J connectivity index is 2.62. The van der Waals surface area contributed by atoms with E-state index in [9.17, 15) is 0 Å². The number of nitrogen functional groups attached to an aromatic ring is 1. The van der Waals surface area contributed by atoms with Crippen LogP contribution in [0.3, 0.4) is 0 Å². The van der Waals surface area contributed by atoms with E-state index < -0.39 is 0 Å². The topological polar surface area (TPSA) is 38.9 Å². The van der Waals surface area contributed by atoms with Gasteiger partial charge in [0.25, 0.3) is 0 Å². The molecule has 0 radical (unpaired) electrons. The second-order valence-corrected chi connectivity index (χ2v) is 4.49. The highest BCUT2D eigenvalue weighted by atomic mass is 32.1. The summed E-state index contributed by atoms with van der Waals surface area (Å²) >= 11 is 1.63. The van der Waals surface area contributed by atoms with Gasteiger partial charge in [-0.3, -0.25) is 4.98 Å². The Bertz CT molecular complexity index is 446. The lowest BCUT2D eigenvalue weighted by Gasteiger charge is -2.00. The van der Waals surface area contributed by atoms with Gasteiger partial charge in [0.2, 0.25) is 0 Å². The zero-order chi connectivity index (χ0) is 10.1. The first-order valence-electron chi connectivity index (χ1n) is 4.47. The molecule has 2 rings (SSSR count). The van der Waals surface area contributed by atoms with Gasteiger partial charge >= 0.3 is 0 Å². The zero-order valence-corrected chi connectivity index (χ0v) is 9.06. The second-order valence-electron chi connectivity index (χ2n) is 3.24. The summed E-state index contributed by atoms with van der Waals surface area (Å²) in [6, 6.07) is 5.88. The monoisotopic (exact) mass is 204 g/mol. The van der Waals surface area contributed by atoms with Crippen LogP contribution in [0.1, 0.15) is 10.4 Å². The summed E-state index contributed by atoms with van der Waals surface area (Å²) in [5.74, 6) is 0. The number of rotatable bonds is 1. The highest BCUT2D eigenvalue weighted by Gasteiger charge is 2.12. The van der Waals surface area contributed by atoms with Gasteiger partial charge < -0.3 is 5.73 Å². The molecule has 0 unspecified atom stereocenters. The molecule has 0 saturated carbocycles. The molecule has 0 aliphatic heterocycles. The third-order valence-corrected chi connectivity index (χ3v) is 3.37. The van der Waals surface area contributed by atoms with E-state index in [1.807, 2.05) is 18.2 Å². The lowest BCUT2D eigenvalue weighted by atomic mass is 10.1. The van der Waals surface area contributed by atoms with Gasteiger partial charge in [-0.15, -0.1) is 11.3 Å². The smallest absolute Gasteiger partial charge is 0.0957 e. The highest BCUT2D eigenvalue weighted by molar-refractivity contribution is 7.16. The number of pyridine rings is 1. The van der Waals surface area contributed by atoms with Crippen molar-refractivity contribution in [1.82, 2.24) is 4.98 Å². The van der Waals surface area contributed by atoms with E-state index in [0.717, 1.165) is 16.3 Å². The van der Waals surface area contributed by atoms with E-state index in [1.165, 1.54) is 10.4 Å². The highest BCUT2D eigenvalue weighted by Crippen LogP contribution is 2.36. The van der Waals surface area contributed by atoms with Crippen LogP contribution in [0.4, 0.5) is 5.00 Å². The molecule has 0 spiro atoms. The first kappa shape index (κ1) is 9.21. The molecule has 0 aliphatic carbocycles. The number of hydrogen-bond acceptors (Lipinski definition) is 3. The van der Waals surface area contributed by atoms with Crippen molar-refractivity contribution in [3.05, 3.63) is 34.8 Å². The minimum atomic E-state index is 0.860. The molecule has 2 nitrogen and oxygen atoms in total. The maximum atomic E-state index is 5.95. The minimum Gasteiger partial charge on any atom is -0.390 e. The fourth-order valence-electron chi connectivity index (χ4n) is 1.48. The molecular weight excluding hydrogens is 192 g/mol. The number of thiophene rings is 1. The normalized spacial score (nSPS) is 10.4. The zero-order valence-electron chi connectivity index (χ0n) is 8.24. The number of anilines is 1. The van der Waals surface area contributed by atoms with Crippen molar-refractivity contribution < 1.29 is 0 Å². The van der Waals surface area contributed by atoms with Crippen LogP contribution in [0.2, 0.25) is 0 Å². The summed E-state index contributed by atoms with van der Waals surface area (Å²) in [6.07, 6.45) is 1.79. The van der Waals surface area contributed by atoms with Crippen LogP contribution in [0.5, 0.6) is 0 Å². The molecule has 0 fully saturated rings. The average molecular weight is 204 g/mol. The average Bonchev–Trinajstić information content (AvgIpc) is 2.43. The van der Waals surface area contributed by atoms with Gasteiger partial charge in [-0.05, 0) is 31.5 Å². The SMILES string of the molecule is Cc1sc(N)c(-c2ccccn2)c1C. The van der Waals surface area contributed by atoms with Gasteiger partial charge in [0.15, 0.2) is 0 Å². The van der Waals surface area contributed by atoms with E-state index in [-0.39, 0.29) is 0 Å². The number of aryl methyl sites for hydroxylation is 1. The number of nitrogens with two attached hydrogens (primary N) is 1. The summed E-state index contributed by atoms with van der Waals surface area (Å²) in [6.45, 7) is 4.18. The van der Waals surface area contributed by atoms with Crippen molar-refractivity contribution in [2.45, 2.75) is 13.8 Å². The summed E-state index contributed by atoms with van der Waals surface area (Å²) in [5, 5.41) is 0.860. The summed E-state index contributed by atoms with van der Waals surface area (Å²) in [7, 11) is 0. The van der Waals surface area contributed by atoms with Crippen molar-refractivity contribution >= 4 is 16.3 Å². The minimum absolute atomic E-state index is 0.860. The fourth-order valence-corrected chi connectivity index (χ4v) is 2.43. The van der Waals surface area contributed by atoms with E-state index in [4.69, 9.17) is 5.73 Å². The third kappa shape index (κ3) is 1.40. The number of aromatic nitrogens is 1. The molecular formula is C11H12N2S. The molecule has 0 aromatic carbocycles.